The van der Waals surface area contributed by atoms with Crippen LogP contribution in [0.5, 0.6) is 0 Å². The summed E-state index contributed by atoms with van der Waals surface area (Å²) in [6, 6.07) is 0.361. The minimum atomic E-state index is -0.0759. The molecule has 1 fully saturated rings. The van der Waals surface area contributed by atoms with Gasteiger partial charge < -0.3 is 14.8 Å². The highest BCUT2D eigenvalue weighted by atomic mass is 16.7. The molecule has 3 nitrogen and oxygen atoms in total. The fourth-order valence-electron chi connectivity index (χ4n) is 2.80. The number of nitrogens with one attached hydrogen (secondary N) is 1. The average Bonchev–Trinajstić information content (AvgIpc) is 2.37. The van der Waals surface area contributed by atoms with Crippen LogP contribution in [0, 0.1) is 5.92 Å². The molecular formula is C14H29NO2. The lowest BCUT2D eigenvalue weighted by molar-refractivity contribution is -0.164. The second kappa shape index (κ2) is 8.90. The quantitative estimate of drug-likeness (QED) is 0.665. The minimum absolute atomic E-state index is 0.0759. The summed E-state index contributed by atoms with van der Waals surface area (Å²) in [6.07, 6.45) is 6.66. The number of rotatable bonds is 8. The fourth-order valence-corrected chi connectivity index (χ4v) is 2.80. The molecule has 0 aromatic carbocycles. The first-order chi connectivity index (χ1) is 8.33. The fraction of sp³-hybridized carbons (Fsp3) is 1.00. The predicted molar refractivity (Wildman–Crippen MR) is 71.1 cm³/mol. The van der Waals surface area contributed by atoms with Crippen LogP contribution in [0.1, 0.15) is 52.9 Å². The van der Waals surface area contributed by atoms with Gasteiger partial charge in [-0.15, -0.1) is 0 Å². The first kappa shape index (κ1) is 14.9. The molecule has 1 atom stereocenters. The van der Waals surface area contributed by atoms with Crippen LogP contribution < -0.4 is 5.32 Å². The van der Waals surface area contributed by atoms with Crippen molar-refractivity contribution in [2.24, 2.45) is 5.92 Å². The van der Waals surface area contributed by atoms with Gasteiger partial charge in [0.05, 0.1) is 6.04 Å². The van der Waals surface area contributed by atoms with E-state index in [2.05, 4.69) is 12.2 Å². The normalized spacial score (nSPS) is 19.8. The monoisotopic (exact) mass is 243 g/mol. The van der Waals surface area contributed by atoms with Crippen molar-refractivity contribution in [1.82, 2.24) is 5.32 Å². The van der Waals surface area contributed by atoms with Gasteiger partial charge in [0, 0.05) is 13.2 Å². The van der Waals surface area contributed by atoms with E-state index in [-0.39, 0.29) is 6.29 Å². The van der Waals surface area contributed by atoms with E-state index in [4.69, 9.17) is 9.47 Å². The standard InChI is InChI=1S/C14H29NO2/c1-4-15-13(12-10-8-7-9-11-12)14(16-5-2)17-6-3/h12-15H,4-11H2,1-3H3. The van der Waals surface area contributed by atoms with Gasteiger partial charge in [-0.25, -0.2) is 0 Å². The summed E-state index contributed by atoms with van der Waals surface area (Å²) in [5, 5.41) is 3.57. The molecule has 1 unspecified atom stereocenters. The van der Waals surface area contributed by atoms with E-state index >= 15 is 0 Å². The van der Waals surface area contributed by atoms with Crippen molar-refractivity contribution in [3.05, 3.63) is 0 Å². The summed E-state index contributed by atoms with van der Waals surface area (Å²) in [5.74, 6) is 0.715. The third-order valence-electron chi connectivity index (χ3n) is 3.55. The second-order valence-corrected chi connectivity index (χ2v) is 4.76. The van der Waals surface area contributed by atoms with Crippen LogP contribution in [0.15, 0.2) is 0 Å². The number of likely N-dealkylation sites (N-methyl/N-ethyl adjacent to an activating group) is 1. The smallest absolute Gasteiger partial charge is 0.172 e. The topological polar surface area (TPSA) is 30.5 Å². The van der Waals surface area contributed by atoms with Crippen molar-refractivity contribution >= 4 is 0 Å². The van der Waals surface area contributed by atoms with Crippen LogP contribution >= 0.6 is 0 Å². The molecule has 0 amide bonds. The van der Waals surface area contributed by atoms with Crippen LogP contribution in [-0.2, 0) is 9.47 Å². The molecule has 1 saturated carbocycles. The second-order valence-electron chi connectivity index (χ2n) is 4.76. The van der Waals surface area contributed by atoms with Gasteiger partial charge in [0.15, 0.2) is 6.29 Å². The van der Waals surface area contributed by atoms with Crippen LogP contribution in [0.3, 0.4) is 0 Å². The van der Waals surface area contributed by atoms with Crippen molar-refractivity contribution < 1.29 is 9.47 Å². The molecule has 0 radical (unpaired) electrons. The van der Waals surface area contributed by atoms with Gasteiger partial charge in [0.2, 0.25) is 0 Å². The van der Waals surface area contributed by atoms with E-state index in [0.29, 0.717) is 12.0 Å². The Hall–Kier alpha value is -0.120. The van der Waals surface area contributed by atoms with E-state index < -0.39 is 0 Å². The summed E-state index contributed by atoms with van der Waals surface area (Å²) in [5.41, 5.74) is 0. The highest BCUT2D eigenvalue weighted by Gasteiger charge is 2.30. The maximum Gasteiger partial charge on any atom is 0.172 e. The Labute approximate surface area is 106 Å². The van der Waals surface area contributed by atoms with Crippen LogP contribution in [0.2, 0.25) is 0 Å². The van der Waals surface area contributed by atoms with Gasteiger partial charge >= 0.3 is 0 Å². The number of hydrogen-bond donors (Lipinski definition) is 1. The van der Waals surface area contributed by atoms with Gasteiger partial charge in [-0.05, 0) is 39.2 Å². The van der Waals surface area contributed by atoms with Crippen molar-refractivity contribution in [1.29, 1.82) is 0 Å². The molecule has 0 aliphatic heterocycles. The van der Waals surface area contributed by atoms with Crippen molar-refractivity contribution in [3.63, 3.8) is 0 Å². The van der Waals surface area contributed by atoms with E-state index in [9.17, 15) is 0 Å². The Morgan fingerprint density at radius 3 is 2.06 bits per heavy atom. The lowest BCUT2D eigenvalue weighted by Crippen LogP contribution is -2.48. The third-order valence-corrected chi connectivity index (χ3v) is 3.55. The van der Waals surface area contributed by atoms with Crippen LogP contribution in [0.4, 0.5) is 0 Å². The zero-order valence-corrected chi connectivity index (χ0v) is 11.7. The Kier molecular flexibility index (Phi) is 7.82. The molecule has 1 aliphatic carbocycles. The Morgan fingerprint density at radius 2 is 1.59 bits per heavy atom. The summed E-state index contributed by atoms with van der Waals surface area (Å²) < 4.78 is 11.5. The molecule has 0 aromatic rings. The zero-order chi connectivity index (χ0) is 12.5. The molecule has 0 spiro atoms. The molecule has 0 heterocycles. The maximum atomic E-state index is 5.77. The lowest BCUT2D eigenvalue weighted by atomic mass is 9.83. The molecule has 1 N–H and O–H groups in total. The van der Waals surface area contributed by atoms with Crippen molar-refractivity contribution in [2.45, 2.75) is 65.2 Å². The molecular weight excluding hydrogens is 214 g/mol. The summed E-state index contributed by atoms with van der Waals surface area (Å²) in [6.45, 7) is 8.66. The van der Waals surface area contributed by atoms with E-state index in [1.54, 1.807) is 0 Å². The minimum Gasteiger partial charge on any atom is -0.351 e. The van der Waals surface area contributed by atoms with E-state index in [1.165, 1.54) is 32.1 Å². The third kappa shape index (κ3) is 4.94. The van der Waals surface area contributed by atoms with Crippen molar-refractivity contribution in [2.75, 3.05) is 19.8 Å². The predicted octanol–water partition coefficient (Wildman–Crippen LogP) is 2.94. The van der Waals surface area contributed by atoms with E-state index in [1.807, 2.05) is 13.8 Å². The average molecular weight is 243 g/mol. The summed E-state index contributed by atoms with van der Waals surface area (Å²) >= 11 is 0. The van der Waals surface area contributed by atoms with Crippen molar-refractivity contribution in [3.8, 4) is 0 Å². The number of ether oxygens (including phenoxy) is 2. The van der Waals surface area contributed by atoms with Gasteiger partial charge in [0.25, 0.3) is 0 Å². The molecule has 0 aromatic heterocycles. The molecule has 1 rings (SSSR count). The van der Waals surface area contributed by atoms with Gasteiger partial charge in [0.1, 0.15) is 0 Å². The largest absolute Gasteiger partial charge is 0.351 e. The van der Waals surface area contributed by atoms with E-state index in [0.717, 1.165) is 19.8 Å². The van der Waals surface area contributed by atoms with Gasteiger partial charge in [-0.1, -0.05) is 26.2 Å². The summed E-state index contributed by atoms with van der Waals surface area (Å²) in [7, 11) is 0. The van der Waals surface area contributed by atoms with Gasteiger partial charge in [-0.3, -0.25) is 0 Å². The maximum absolute atomic E-state index is 5.77. The molecule has 17 heavy (non-hydrogen) atoms. The Morgan fingerprint density at radius 1 is 1.00 bits per heavy atom. The first-order valence-corrected chi connectivity index (χ1v) is 7.30. The zero-order valence-electron chi connectivity index (χ0n) is 11.7. The highest BCUT2D eigenvalue weighted by Crippen LogP contribution is 2.28. The molecule has 3 heteroatoms. The summed E-state index contributed by atoms with van der Waals surface area (Å²) in [4.78, 5) is 0. The molecule has 0 saturated heterocycles. The molecule has 0 bridgehead atoms. The highest BCUT2D eigenvalue weighted by molar-refractivity contribution is 4.82. The lowest BCUT2D eigenvalue weighted by Gasteiger charge is -2.35. The SMILES string of the molecule is CCNC(C1CCCCC1)C(OCC)OCC. The Balaban J connectivity index is 2.58. The molecule has 1 aliphatic rings. The van der Waals surface area contributed by atoms with Crippen LogP contribution in [0.25, 0.3) is 0 Å². The molecule has 102 valence electrons. The first-order valence-electron chi connectivity index (χ1n) is 7.30. The van der Waals surface area contributed by atoms with Crippen LogP contribution in [-0.4, -0.2) is 32.1 Å². The Bertz CT molecular complexity index is 175. The van der Waals surface area contributed by atoms with Gasteiger partial charge in [-0.2, -0.15) is 0 Å². The number of hydrogen-bond acceptors (Lipinski definition) is 3.